The standard InChI is InChI=1S/C25H37N3O4/c1-31-22-13-18-7-10-23(29)27-15-21-9-8-20(28(21)16-17-5-6-17)14-24(30)26-11-3-4-19(12-18)25(22)32-2/h12-13,17,20-21H,3-11,14-16H2,1-2H3,(H,26,30)(H,27,29)/t20-,21+/m0/s1. The van der Waals surface area contributed by atoms with Crippen LogP contribution in [0.4, 0.5) is 0 Å². The average Bonchev–Trinajstić information content (AvgIpc) is 3.54. The normalized spacial score (nSPS) is 25.6. The molecule has 1 saturated heterocycles. The number of hydrogen-bond donors (Lipinski definition) is 2. The number of amides is 2. The lowest BCUT2D eigenvalue weighted by Gasteiger charge is -2.30. The van der Waals surface area contributed by atoms with Crippen LogP contribution < -0.4 is 20.1 Å². The molecule has 4 rings (SSSR count). The van der Waals surface area contributed by atoms with Crippen LogP contribution in [0.15, 0.2) is 12.1 Å². The van der Waals surface area contributed by atoms with Gasteiger partial charge < -0.3 is 20.1 Å². The smallest absolute Gasteiger partial charge is 0.221 e. The van der Waals surface area contributed by atoms with Crippen LogP contribution in [0.1, 0.15) is 56.1 Å². The second kappa shape index (κ2) is 10.6. The van der Waals surface area contributed by atoms with Gasteiger partial charge in [-0.25, -0.2) is 0 Å². The summed E-state index contributed by atoms with van der Waals surface area (Å²) in [5.74, 6) is 2.40. The van der Waals surface area contributed by atoms with Gasteiger partial charge in [-0.15, -0.1) is 0 Å². The minimum Gasteiger partial charge on any atom is -0.493 e. The monoisotopic (exact) mass is 443 g/mol. The highest BCUT2D eigenvalue weighted by Crippen LogP contribution is 2.36. The van der Waals surface area contributed by atoms with Gasteiger partial charge in [0.05, 0.1) is 14.2 Å². The molecule has 1 aromatic carbocycles. The van der Waals surface area contributed by atoms with Crippen molar-refractivity contribution in [2.24, 2.45) is 5.92 Å². The van der Waals surface area contributed by atoms with Crippen molar-refractivity contribution >= 4 is 11.8 Å². The van der Waals surface area contributed by atoms with E-state index >= 15 is 0 Å². The quantitative estimate of drug-likeness (QED) is 0.747. The number of rotatable bonds is 4. The fourth-order valence-corrected chi connectivity index (χ4v) is 5.16. The van der Waals surface area contributed by atoms with E-state index in [9.17, 15) is 9.59 Å². The number of carbonyl (C=O) groups excluding carboxylic acids is 2. The molecule has 1 aliphatic carbocycles. The van der Waals surface area contributed by atoms with Crippen LogP contribution >= 0.6 is 0 Å². The Kier molecular flexibility index (Phi) is 7.55. The summed E-state index contributed by atoms with van der Waals surface area (Å²) >= 11 is 0. The van der Waals surface area contributed by atoms with E-state index in [4.69, 9.17) is 9.47 Å². The van der Waals surface area contributed by atoms with Crippen molar-refractivity contribution in [3.05, 3.63) is 23.3 Å². The predicted molar refractivity (Wildman–Crippen MR) is 123 cm³/mol. The molecule has 0 radical (unpaired) electrons. The third kappa shape index (κ3) is 5.74. The first-order valence-electron chi connectivity index (χ1n) is 12.1. The van der Waals surface area contributed by atoms with E-state index in [1.165, 1.54) is 12.8 Å². The van der Waals surface area contributed by atoms with Crippen LogP contribution in [0.2, 0.25) is 0 Å². The molecule has 2 N–H and O–H groups in total. The van der Waals surface area contributed by atoms with Crippen molar-refractivity contribution in [3.63, 3.8) is 0 Å². The highest BCUT2D eigenvalue weighted by molar-refractivity contribution is 5.77. The molecule has 2 heterocycles. The van der Waals surface area contributed by atoms with Gasteiger partial charge in [0.2, 0.25) is 11.8 Å². The maximum atomic E-state index is 12.7. The molecule has 3 aliphatic rings. The van der Waals surface area contributed by atoms with Gasteiger partial charge in [-0.3, -0.25) is 14.5 Å². The summed E-state index contributed by atoms with van der Waals surface area (Å²) in [6.07, 6.45) is 7.92. The molecule has 7 nitrogen and oxygen atoms in total. The Balaban J connectivity index is 1.49. The minimum atomic E-state index is 0.0817. The summed E-state index contributed by atoms with van der Waals surface area (Å²) in [6, 6.07) is 4.69. The maximum absolute atomic E-state index is 12.7. The molecular weight excluding hydrogens is 406 g/mol. The summed E-state index contributed by atoms with van der Waals surface area (Å²) in [5, 5.41) is 6.28. The van der Waals surface area contributed by atoms with E-state index in [-0.39, 0.29) is 17.9 Å². The van der Waals surface area contributed by atoms with Gasteiger partial charge in [0, 0.05) is 44.6 Å². The summed E-state index contributed by atoms with van der Waals surface area (Å²) in [7, 11) is 3.28. The van der Waals surface area contributed by atoms with Gasteiger partial charge in [-0.2, -0.15) is 0 Å². The summed E-state index contributed by atoms with van der Waals surface area (Å²) in [6.45, 7) is 2.37. The Morgan fingerprint density at radius 1 is 0.938 bits per heavy atom. The first-order chi connectivity index (χ1) is 15.6. The Morgan fingerprint density at radius 3 is 2.50 bits per heavy atom. The Morgan fingerprint density at radius 2 is 1.75 bits per heavy atom. The number of nitrogens with one attached hydrogen (secondary N) is 2. The molecule has 7 heteroatoms. The first kappa shape index (κ1) is 22.9. The number of aryl methyl sites for hydroxylation is 2. The lowest BCUT2D eigenvalue weighted by molar-refractivity contribution is -0.123. The minimum absolute atomic E-state index is 0.0817. The zero-order chi connectivity index (χ0) is 22.5. The largest absolute Gasteiger partial charge is 0.493 e. The lowest BCUT2D eigenvalue weighted by Crippen LogP contribution is -2.45. The van der Waals surface area contributed by atoms with Gasteiger partial charge in [-0.1, -0.05) is 6.07 Å². The highest BCUT2D eigenvalue weighted by Gasteiger charge is 2.38. The van der Waals surface area contributed by atoms with E-state index in [2.05, 4.69) is 21.6 Å². The third-order valence-corrected chi connectivity index (χ3v) is 7.09. The number of nitrogens with zero attached hydrogens (tertiary/aromatic N) is 1. The SMILES string of the molecule is COc1cc2cc(c1OC)CCCNC(=O)C[C@@H]1CC[C@H](CNC(=O)CC2)N1CC1CC1. The van der Waals surface area contributed by atoms with E-state index in [0.717, 1.165) is 55.0 Å². The van der Waals surface area contributed by atoms with Gasteiger partial charge >= 0.3 is 0 Å². The van der Waals surface area contributed by atoms with E-state index in [0.29, 0.717) is 44.1 Å². The van der Waals surface area contributed by atoms with Gasteiger partial charge in [-0.05, 0) is 68.1 Å². The van der Waals surface area contributed by atoms with Crippen LogP contribution in [-0.2, 0) is 22.4 Å². The van der Waals surface area contributed by atoms with Crippen molar-refractivity contribution in [1.82, 2.24) is 15.5 Å². The van der Waals surface area contributed by atoms with Crippen molar-refractivity contribution in [2.75, 3.05) is 33.9 Å². The fourth-order valence-electron chi connectivity index (χ4n) is 5.16. The number of carbonyl (C=O) groups is 2. The van der Waals surface area contributed by atoms with Crippen molar-refractivity contribution in [1.29, 1.82) is 0 Å². The van der Waals surface area contributed by atoms with Crippen LogP contribution in [0.5, 0.6) is 11.5 Å². The van der Waals surface area contributed by atoms with Crippen LogP contribution in [0.3, 0.4) is 0 Å². The first-order valence-corrected chi connectivity index (χ1v) is 12.1. The van der Waals surface area contributed by atoms with Gasteiger partial charge in [0.1, 0.15) is 0 Å². The van der Waals surface area contributed by atoms with E-state index in [1.54, 1.807) is 14.2 Å². The fraction of sp³-hybridized carbons (Fsp3) is 0.680. The number of fused-ring (bicyclic) bond motifs is 4. The molecule has 1 saturated carbocycles. The average molecular weight is 444 g/mol. The Labute approximate surface area is 191 Å². The molecule has 0 unspecified atom stereocenters. The third-order valence-electron chi connectivity index (χ3n) is 7.09. The molecule has 2 fully saturated rings. The van der Waals surface area contributed by atoms with Crippen molar-refractivity contribution < 1.29 is 19.1 Å². The zero-order valence-electron chi connectivity index (χ0n) is 19.5. The Bertz CT molecular complexity index is 824. The zero-order valence-corrected chi connectivity index (χ0v) is 19.5. The number of benzene rings is 1. The number of hydrogen-bond acceptors (Lipinski definition) is 5. The van der Waals surface area contributed by atoms with E-state index in [1.807, 2.05) is 6.07 Å². The molecule has 32 heavy (non-hydrogen) atoms. The lowest BCUT2D eigenvalue weighted by atomic mass is 10.0. The van der Waals surface area contributed by atoms with Gasteiger partial charge in [0.25, 0.3) is 0 Å². The van der Waals surface area contributed by atoms with Crippen molar-refractivity contribution in [2.45, 2.75) is 69.9 Å². The Hall–Kier alpha value is -2.28. The molecule has 176 valence electrons. The molecule has 2 amide bonds. The molecule has 2 aliphatic heterocycles. The van der Waals surface area contributed by atoms with Crippen LogP contribution in [0.25, 0.3) is 0 Å². The summed E-state index contributed by atoms with van der Waals surface area (Å²) in [5.41, 5.74) is 2.12. The molecule has 0 spiro atoms. The van der Waals surface area contributed by atoms with E-state index < -0.39 is 0 Å². The predicted octanol–water partition coefficient (Wildman–Crippen LogP) is 2.45. The van der Waals surface area contributed by atoms with Crippen LogP contribution in [0, 0.1) is 5.92 Å². The number of methoxy groups -OCH3 is 2. The highest BCUT2D eigenvalue weighted by atomic mass is 16.5. The molecule has 1 aromatic rings. The molecule has 2 atom stereocenters. The summed E-state index contributed by atoms with van der Waals surface area (Å²) in [4.78, 5) is 27.8. The summed E-state index contributed by atoms with van der Waals surface area (Å²) < 4.78 is 11.1. The maximum Gasteiger partial charge on any atom is 0.221 e. The molecular formula is C25H37N3O4. The van der Waals surface area contributed by atoms with Crippen LogP contribution in [-0.4, -0.2) is 62.7 Å². The topological polar surface area (TPSA) is 79.9 Å². The molecule has 4 bridgehead atoms. The second-order valence-corrected chi connectivity index (χ2v) is 9.48. The second-order valence-electron chi connectivity index (χ2n) is 9.48. The van der Waals surface area contributed by atoms with Crippen molar-refractivity contribution in [3.8, 4) is 11.5 Å². The molecule has 0 aromatic heterocycles. The van der Waals surface area contributed by atoms with Gasteiger partial charge in [0.15, 0.2) is 11.5 Å². The number of ether oxygens (including phenoxy) is 2.